The van der Waals surface area contributed by atoms with Gasteiger partial charge in [0.2, 0.25) is 0 Å². The molecule has 82 valence electrons. The third kappa shape index (κ3) is 4.11. The Kier molecular flexibility index (Phi) is 5.64. The van der Waals surface area contributed by atoms with Crippen LogP contribution in [0.25, 0.3) is 0 Å². The lowest BCUT2D eigenvalue weighted by Crippen LogP contribution is -2.26. The van der Waals surface area contributed by atoms with Crippen LogP contribution in [-0.4, -0.2) is 25.9 Å². The molecule has 0 aromatic carbocycles. The highest BCUT2D eigenvalue weighted by molar-refractivity contribution is 5.03. The summed E-state index contributed by atoms with van der Waals surface area (Å²) in [4.78, 5) is 0. The van der Waals surface area contributed by atoms with Gasteiger partial charge in [0.1, 0.15) is 5.76 Å². The first-order valence-corrected chi connectivity index (χ1v) is 5.50. The van der Waals surface area contributed by atoms with Crippen LogP contribution >= 0.6 is 0 Å². The van der Waals surface area contributed by atoms with E-state index in [2.05, 4.69) is 6.08 Å². The minimum absolute atomic E-state index is 0.0655. The molecule has 3 heteroatoms. The maximum atomic E-state index is 5.98. The van der Waals surface area contributed by atoms with E-state index in [1.54, 1.807) is 0 Å². The van der Waals surface area contributed by atoms with Crippen LogP contribution in [0.15, 0.2) is 11.8 Å². The van der Waals surface area contributed by atoms with E-state index in [0.29, 0.717) is 0 Å². The summed E-state index contributed by atoms with van der Waals surface area (Å²) in [5.74, 6) is 0.979. The normalized spacial score (nSPS) is 18.6. The van der Waals surface area contributed by atoms with E-state index < -0.39 is 0 Å². The average Bonchev–Trinajstić information content (AvgIpc) is 2.25. The maximum absolute atomic E-state index is 5.98. The van der Waals surface area contributed by atoms with Crippen molar-refractivity contribution in [2.24, 2.45) is 5.73 Å². The molecule has 1 atom stereocenters. The van der Waals surface area contributed by atoms with E-state index in [1.165, 1.54) is 0 Å². The molecule has 14 heavy (non-hydrogen) atoms. The molecule has 0 saturated carbocycles. The molecule has 1 rings (SSSR count). The standard InChI is InChI=1S/C11H21NO2/c1-2-13-8-5-6-10(12)11-7-3-4-9-14-11/h7,10H,2-6,8-9,12H2,1H3. The summed E-state index contributed by atoms with van der Waals surface area (Å²) in [6.45, 7) is 4.42. The SMILES string of the molecule is CCOCCCC(N)C1=CCCCO1. The van der Waals surface area contributed by atoms with Crippen molar-refractivity contribution in [3.63, 3.8) is 0 Å². The summed E-state index contributed by atoms with van der Waals surface area (Å²) in [5, 5.41) is 0. The van der Waals surface area contributed by atoms with Crippen molar-refractivity contribution >= 4 is 0 Å². The van der Waals surface area contributed by atoms with Crippen molar-refractivity contribution in [3.05, 3.63) is 11.8 Å². The Hall–Kier alpha value is -0.540. The summed E-state index contributed by atoms with van der Waals surface area (Å²) in [6, 6.07) is 0.0655. The van der Waals surface area contributed by atoms with Gasteiger partial charge in [-0.3, -0.25) is 0 Å². The number of ether oxygens (including phenoxy) is 2. The third-order valence-corrected chi connectivity index (χ3v) is 2.34. The van der Waals surface area contributed by atoms with Gasteiger partial charge in [-0.2, -0.15) is 0 Å². The Labute approximate surface area is 86.3 Å². The number of allylic oxidation sites excluding steroid dienone is 1. The molecular weight excluding hydrogens is 178 g/mol. The predicted octanol–water partition coefficient (Wildman–Crippen LogP) is 1.82. The van der Waals surface area contributed by atoms with E-state index >= 15 is 0 Å². The number of hydrogen-bond acceptors (Lipinski definition) is 3. The van der Waals surface area contributed by atoms with Crippen molar-refractivity contribution in [2.75, 3.05) is 19.8 Å². The number of nitrogens with two attached hydrogens (primary N) is 1. The molecule has 0 radical (unpaired) electrons. The smallest absolute Gasteiger partial charge is 0.109 e. The summed E-state index contributed by atoms with van der Waals surface area (Å²) in [5.41, 5.74) is 5.98. The lowest BCUT2D eigenvalue weighted by Gasteiger charge is -2.20. The molecule has 0 saturated heterocycles. The topological polar surface area (TPSA) is 44.5 Å². The highest BCUT2D eigenvalue weighted by atomic mass is 16.5. The fraction of sp³-hybridized carbons (Fsp3) is 0.818. The van der Waals surface area contributed by atoms with Gasteiger partial charge in [0.25, 0.3) is 0 Å². The van der Waals surface area contributed by atoms with Gasteiger partial charge >= 0.3 is 0 Å². The zero-order valence-electron chi connectivity index (χ0n) is 9.00. The van der Waals surface area contributed by atoms with Crippen LogP contribution in [0, 0.1) is 0 Å². The van der Waals surface area contributed by atoms with Crippen molar-refractivity contribution < 1.29 is 9.47 Å². The predicted molar refractivity (Wildman–Crippen MR) is 57.0 cm³/mol. The largest absolute Gasteiger partial charge is 0.497 e. The Morgan fingerprint density at radius 1 is 1.64 bits per heavy atom. The summed E-state index contributed by atoms with van der Waals surface area (Å²) in [7, 11) is 0. The van der Waals surface area contributed by atoms with Gasteiger partial charge in [-0.25, -0.2) is 0 Å². The van der Waals surface area contributed by atoms with E-state index in [1.807, 2.05) is 6.92 Å². The van der Waals surface area contributed by atoms with Crippen molar-refractivity contribution in [1.29, 1.82) is 0 Å². The van der Waals surface area contributed by atoms with Crippen LogP contribution in [0.5, 0.6) is 0 Å². The number of rotatable bonds is 6. The molecule has 0 aliphatic carbocycles. The second-order valence-electron chi connectivity index (χ2n) is 3.54. The van der Waals surface area contributed by atoms with Gasteiger partial charge in [0.15, 0.2) is 0 Å². The third-order valence-electron chi connectivity index (χ3n) is 2.34. The minimum Gasteiger partial charge on any atom is -0.497 e. The molecule has 0 fully saturated rings. The summed E-state index contributed by atoms with van der Waals surface area (Å²) in [6.07, 6.45) is 6.31. The van der Waals surface area contributed by atoms with Gasteiger partial charge < -0.3 is 15.2 Å². The second kappa shape index (κ2) is 6.85. The Balaban J connectivity index is 2.13. The molecule has 2 N–H and O–H groups in total. The van der Waals surface area contributed by atoms with E-state index in [9.17, 15) is 0 Å². The maximum Gasteiger partial charge on any atom is 0.109 e. The van der Waals surface area contributed by atoms with Crippen LogP contribution in [0.1, 0.15) is 32.6 Å². The van der Waals surface area contributed by atoms with Gasteiger partial charge in [-0.05, 0) is 38.7 Å². The minimum atomic E-state index is 0.0655. The van der Waals surface area contributed by atoms with E-state index in [4.69, 9.17) is 15.2 Å². The molecule has 1 unspecified atom stereocenters. The summed E-state index contributed by atoms with van der Waals surface area (Å²) >= 11 is 0. The molecule has 0 aromatic heterocycles. The number of hydrogen-bond donors (Lipinski definition) is 1. The van der Waals surface area contributed by atoms with Crippen molar-refractivity contribution in [2.45, 2.75) is 38.6 Å². The first-order valence-electron chi connectivity index (χ1n) is 5.50. The van der Waals surface area contributed by atoms with Crippen LogP contribution in [0.3, 0.4) is 0 Å². The quantitative estimate of drug-likeness (QED) is 0.664. The lowest BCUT2D eigenvalue weighted by atomic mass is 10.1. The molecule has 1 aliphatic rings. The molecular formula is C11H21NO2. The van der Waals surface area contributed by atoms with Crippen molar-refractivity contribution in [3.8, 4) is 0 Å². The molecule has 0 aromatic rings. The highest BCUT2D eigenvalue weighted by Crippen LogP contribution is 2.15. The Morgan fingerprint density at radius 3 is 3.14 bits per heavy atom. The van der Waals surface area contributed by atoms with E-state index in [-0.39, 0.29) is 6.04 Å². The highest BCUT2D eigenvalue weighted by Gasteiger charge is 2.12. The Bertz CT molecular complexity index is 180. The molecule has 0 bridgehead atoms. The zero-order valence-corrected chi connectivity index (χ0v) is 9.00. The van der Waals surface area contributed by atoms with Gasteiger partial charge in [0, 0.05) is 13.2 Å². The Morgan fingerprint density at radius 2 is 2.50 bits per heavy atom. The monoisotopic (exact) mass is 199 g/mol. The van der Waals surface area contributed by atoms with Crippen LogP contribution < -0.4 is 5.73 Å². The van der Waals surface area contributed by atoms with Crippen molar-refractivity contribution in [1.82, 2.24) is 0 Å². The first kappa shape index (κ1) is 11.5. The van der Waals surface area contributed by atoms with Gasteiger partial charge in [0.05, 0.1) is 12.6 Å². The van der Waals surface area contributed by atoms with Crippen LogP contribution in [0.2, 0.25) is 0 Å². The molecule has 0 amide bonds. The molecule has 1 aliphatic heterocycles. The van der Waals surface area contributed by atoms with Crippen LogP contribution in [0.4, 0.5) is 0 Å². The van der Waals surface area contributed by atoms with Crippen LogP contribution in [-0.2, 0) is 9.47 Å². The summed E-state index contributed by atoms with van der Waals surface area (Å²) < 4.78 is 10.7. The fourth-order valence-electron chi connectivity index (χ4n) is 1.53. The second-order valence-corrected chi connectivity index (χ2v) is 3.54. The lowest BCUT2D eigenvalue weighted by molar-refractivity contribution is 0.136. The van der Waals surface area contributed by atoms with Gasteiger partial charge in [-0.1, -0.05) is 0 Å². The van der Waals surface area contributed by atoms with E-state index in [0.717, 1.165) is 51.3 Å². The van der Waals surface area contributed by atoms with Gasteiger partial charge in [-0.15, -0.1) is 0 Å². The molecule has 1 heterocycles. The molecule has 0 spiro atoms. The fourth-order valence-corrected chi connectivity index (χ4v) is 1.53. The molecule has 3 nitrogen and oxygen atoms in total. The average molecular weight is 199 g/mol. The first-order chi connectivity index (χ1) is 6.84. The zero-order chi connectivity index (χ0) is 10.2.